The molecule has 0 fully saturated rings. The molecule has 114 valence electrons. The molecule has 0 saturated heterocycles. The van der Waals surface area contributed by atoms with Crippen LogP contribution in [-0.2, 0) is 4.79 Å². The van der Waals surface area contributed by atoms with E-state index < -0.39 is 18.0 Å². The van der Waals surface area contributed by atoms with Gasteiger partial charge in [0.2, 0.25) is 0 Å². The molecule has 0 bridgehead atoms. The van der Waals surface area contributed by atoms with Gasteiger partial charge in [0.25, 0.3) is 5.91 Å². The second kappa shape index (κ2) is 7.79. The molecule has 0 spiro atoms. The molecule has 5 nitrogen and oxygen atoms in total. The summed E-state index contributed by atoms with van der Waals surface area (Å²) in [6, 6.07) is 15.8. The number of carbonyl (C=O) groups excluding carboxylic acids is 2. The highest BCUT2D eigenvalue weighted by molar-refractivity contribution is 14.1. The molecule has 0 heterocycles. The van der Waals surface area contributed by atoms with Crippen LogP contribution in [0.15, 0.2) is 54.6 Å². The van der Waals surface area contributed by atoms with Gasteiger partial charge >= 0.3 is 6.03 Å². The van der Waals surface area contributed by atoms with Crippen LogP contribution < -0.4 is 16.0 Å². The van der Waals surface area contributed by atoms with Gasteiger partial charge in [0.15, 0.2) is 0 Å². The average molecular weight is 409 g/mol. The van der Waals surface area contributed by atoms with E-state index >= 15 is 0 Å². The lowest BCUT2D eigenvalue weighted by Gasteiger charge is -2.19. The molecule has 0 aliphatic heterocycles. The Morgan fingerprint density at radius 2 is 1.77 bits per heavy atom. The van der Waals surface area contributed by atoms with E-state index in [0.29, 0.717) is 0 Å². The number of hydrogen-bond donors (Lipinski definition) is 3. The van der Waals surface area contributed by atoms with Gasteiger partial charge in [-0.15, -0.1) is 0 Å². The highest BCUT2D eigenvalue weighted by atomic mass is 127. The van der Waals surface area contributed by atoms with Crippen molar-refractivity contribution >= 4 is 40.2 Å². The molecule has 0 radical (unpaired) electrons. The first-order valence-electron chi connectivity index (χ1n) is 6.70. The van der Waals surface area contributed by atoms with E-state index in [-0.39, 0.29) is 0 Å². The number of imide groups is 1. The number of hydrogen-bond acceptors (Lipinski definition) is 3. The first-order chi connectivity index (χ1) is 10.6. The van der Waals surface area contributed by atoms with Crippen LogP contribution in [-0.4, -0.2) is 19.0 Å². The van der Waals surface area contributed by atoms with Crippen molar-refractivity contribution < 1.29 is 9.59 Å². The molecule has 3 amide bonds. The molecule has 0 saturated carbocycles. The summed E-state index contributed by atoms with van der Waals surface area (Å²) >= 11 is 2.21. The van der Waals surface area contributed by atoms with Gasteiger partial charge in [-0.05, 0) is 46.4 Å². The van der Waals surface area contributed by atoms with Gasteiger partial charge in [0, 0.05) is 16.3 Å². The molecule has 0 aliphatic carbocycles. The maximum absolute atomic E-state index is 12.4. The predicted molar refractivity (Wildman–Crippen MR) is 94.6 cm³/mol. The van der Waals surface area contributed by atoms with Crippen LogP contribution in [0, 0.1) is 3.57 Å². The summed E-state index contributed by atoms with van der Waals surface area (Å²) in [6.07, 6.45) is 0. The van der Waals surface area contributed by atoms with Crippen molar-refractivity contribution in [3.8, 4) is 0 Å². The van der Waals surface area contributed by atoms with Crippen molar-refractivity contribution in [2.75, 3.05) is 12.4 Å². The van der Waals surface area contributed by atoms with Crippen molar-refractivity contribution in [3.63, 3.8) is 0 Å². The Morgan fingerprint density at radius 1 is 1.05 bits per heavy atom. The van der Waals surface area contributed by atoms with Crippen LogP contribution in [0.1, 0.15) is 11.6 Å². The van der Waals surface area contributed by atoms with E-state index in [4.69, 9.17) is 0 Å². The number of amides is 3. The van der Waals surface area contributed by atoms with Crippen LogP contribution in [0.25, 0.3) is 0 Å². The van der Waals surface area contributed by atoms with Crippen molar-refractivity contribution in [2.24, 2.45) is 0 Å². The molecule has 0 aliphatic rings. The quantitative estimate of drug-likeness (QED) is 0.681. The zero-order chi connectivity index (χ0) is 15.9. The molecular weight excluding hydrogens is 393 g/mol. The second-order valence-corrected chi connectivity index (χ2v) is 5.81. The number of carbonyl (C=O) groups is 2. The number of nitrogens with one attached hydrogen (secondary N) is 3. The van der Waals surface area contributed by atoms with E-state index in [2.05, 4.69) is 38.5 Å². The van der Waals surface area contributed by atoms with E-state index in [1.807, 2.05) is 54.6 Å². The molecule has 0 aromatic heterocycles. The van der Waals surface area contributed by atoms with Crippen molar-refractivity contribution in [2.45, 2.75) is 6.04 Å². The van der Waals surface area contributed by atoms with E-state index in [1.54, 1.807) is 0 Å². The standard InChI is InChI=1S/C16H16IN3O2/c1-18-16(22)20-15(21)14(11-6-3-2-4-7-11)19-13-9-5-8-12(17)10-13/h2-10,14,19H,1H3,(H2,18,20,21,22)/t14-/m0/s1. The molecule has 2 rings (SSSR count). The fraction of sp³-hybridized carbons (Fsp3) is 0.125. The van der Waals surface area contributed by atoms with E-state index in [9.17, 15) is 9.59 Å². The fourth-order valence-electron chi connectivity index (χ4n) is 1.94. The summed E-state index contributed by atoms with van der Waals surface area (Å²) in [5.74, 6) is -0.413. The van der Waals surface area contributed by atoms with Gasteiger partial charge in [-0.25, -0.2) is 4.79 Å². The lowest BCUT2D eigenvalue weighted by molar-refractivity contribution is -0.120. The first-order valence-corrected chi connectivity index (χ1v) is 7.77. The topological polar surface area (TPSA) is 70.2 Å². The smallest absolute Gasteiger partial charge is 0.321 e. The molecule has 22 heavy (non-hydrogen) atoms. The fourth-order valence-corrected chi connectivity index (χ4v) is 2.48. The van der Waals surface area contributed by atoms with Crippen LogP contribution >= 0.6 is 22.6 Å². The summed E-state index contributed by atoms with van der Waals surface area (Å²) in [4.78, 5) is 23.8. The highest BCUT2D eigenvalue weighted by Crippen LogP contribution is 2.21. The van der Waals surface area contributed by atoms with Gasteiger partial charge in [0.1, 0.15) is 6.04 Å². The molecule has 0 unspecified atom stereocenters. The van der Waals surface area contributed by atoms with Crippen LogP contribution in [0.2, 0.25) is 0 Å². The molecule has 6 heteroatoms. The largest absolute Gasteiger partial charge is 0.370 e. The summed E-state index contributed by atoms with van der Waals surface area (Å²) in [7, 11) is 1.47. The number of halogens is 1. The minimum absolute atomic E-state index is 0.413. The Hall–Kier alpha value is -2.09. The third-order valence-corrected chi connectivity index (χ3v) is 3.67. The van der Waals surface area contributed by atoms with Gasteiger partial charge in [-0.1, -0.05) is 36.4 Å². The Kier molecular flexibility index (Phi) is 5.76. The summed E-state index contributed by atoms with van der Waals surface area (Å²) in [6.45, 7) is 0. The number of benzene rings is 2. The Balaban J connectivity index is 2.25. The zero-order valence-corrected chi connectivity index (χ0v) is 14.1. The highest BCUT2D eigenvalue weighted by Gasteiger charge is 2.22. The first kappa shape index (κ1) is 16.3. The summed E-state index contributed by atoms with van der Waals surface area (Å²) in [5.41, 5.74) is 1.59. The number of anilines is 1. The SMILES string of the molecule is CNC(=O)NC(=O)[C@@H](Nc1cccc(I)c1)c1ccccc1. The van der Waals surface area contributed by atoms with Crippen molar-refractivity contribution in [1.29, 1.82) is 0 Å². The maximum Gasteiger partial charge on any atom is 0.321 e. The van der Waals surface area contributed by atoms with Gasteiger partial charge in [-0.2, -0.15) is 0 Å². The van der Waals surface area contributed by atoms with Crippen LogP contribution in [0.5, 0.6) is 0 Å². The Labute approximate surface area is 142 Å². The predicted octanol–water partition coefficient (Wildman–Crippen LogP) is 2.90. The monoisotopic (exact) mass is 409 g/mol. The normalized spacial score (nSPS) is 11.4. The average Bonchev–Trinajstić information content (AvgIpc) is 2.53. The van der Waals surface area contributed by atoms with E-state index in [0.717, 1.165) is 14.8 Å². The Morgan fingerprint density at radius 3 is 2.41 bits per heavy atom. The third-order valence-electron chi connectivity index (χ3n) is 2.99. The molecule has 2 aromatic carbocycles. The lowest BCUT2D eigenvalue weighted by atomic mass is 10.1. The summed E-state index contributed by atoms with van der Waals surface area (Å²) in [5, 5.41) is 7.85. The van der Waals surface area contributed by atoms with Crippen LogP contribution in [0.4, 0.5) is 10.5 Å². The molecule has 3 N–H and O–H groups in total. The van der Waals surface area contributed by atoms with Crippen LogP contribution in [0.3, 0.4) is 0 Å². The minimum atomic E-state index is -0.656. The molecule has 2 aromatic rings. The summed E-state index contributed by atoms with van der Waals surface area (Å²) < 4.78 is 1.06. The van der Waals surface area contributed by atoms with Gasteiger partial charge < -0.3 is 10.6 Å². The van der Waals surface area contributed by atoms with Gasteiger partial charge in [-0.3, -0.25) is 10.1 Å². The zero-order valence-electron chi connectivity index (χ0n) is 12.0. The number of urea groups is 1. The minimum Gasteiger partial charge on any atom is -0.370 e. The Bertz CT molecular complexity index is 661. The van der Waals surface area contributed by atoms with E-state index in [1.165, 1.54) is 7.05 Å². The van der Waals surface area contributed by atoms with Crippen molar-refractivity contribution in [1.82, 2.24) is 10.6 Å². The lowest BCUT2D eigenvalue weighted by Crippen LogP contribution is -2.42. The molecular formula is C16H16IN3O2. The maximum atomic E-state index is 12.4. The number of rotatable bonds is 4. The third kappa shape index (κ3) is 4.45. The molecule has 1 atom stereocenters. The van der Waals surface area contributed by atoms with Gasteiger partial charge in [0.05, 0.1) is 0 Å². The second-order valence-electron chi connectivity index (χ2n) is 4.57. The van der Waals surface area contributed by atoms with Crippen molar-refractivity contribution in [3.05, 3.63) is 63.7 Å².